The van der Waals surface area contributed by atoms with Gasteiger partial charge in [0.1, 0.15) is 10.7 Å². The number of nitrogens with one attached hydrogen (secondary N) is 1. The van der Waals surface area contributed by atoms with Crippen LogP contribution in [0.2, 0.25) is 0 Å². The summed E-state index contributed by atoms with van der Waals surface area (Å²) in [6.45, 7) is 1.84. The van der Waals surface area contributed by atoms with Crippen molar-refractivity contribution in [1.82, 2.24) is 0 Å². The van der Waals surface area contributed by atoms with Crippen molar-refractivity contribution in [2.75, 3.05) is 10.5 Å². The minimum Gasteiger partial charge on any atom is -0.396 e. The second kappa shape index (κ2) is 5.94. The second-order valence-corrected chi connectivity index (χ2v) is 7.73. The average Bonchev–Trinajstić information content (AvgIpc) is 2.37. The molecule has 0 fully saturated rings. The Balaban J connectivity index is 2.43. The number of rotatable bonds is 3. The number of hydrogen-bond acceptors (Lipinski definition) is 3. The summed E-state index contributed by atoms with van der Waals surface area (Å²) in [5.41, 5.74) is 6.49. The molecular weight excluding hydrogens is 427 g/mol. The minimum atomic E-state index is -3.87. The fraction of sp³-hybridized carbons (Fsp3) is 0.0769. The third kappa shape index (κ3) is 3.56. The summed E-state index contributed by atoms with van der Waals surface area (Å²) in [7, 11) is -3.87. The predicted octanol–water partition coefficient (Wildman–Crippen LogP) is 4.04. The molecule has 2 rings (SSSR count). The van der Waals surface area contributed by atoms with E-state index in [4.69, 9.17) is 5.73 Å². The van der Waals surface area contributed by atoms with Crippen molar-refractivity contribution in [3.05, 3.63) is 50.7 Å². The summed E-state index contributed by atoms with van der Waals surface area (Å²) in [6, 6.07) is 7.14. The van der Waals surface area contributed by atoms with Crippen LogP contribution in [0, 0.1) is 12.7 Å². The zero-order chi connectivity index (χ0) is 15.8. The van der Waals surface area contributed by atoms with E-state index in [0.717, 1.165) is 22.2 Å². The zero-order valence-corrected chi connectivity index (χ0v) is 14.8. The van der Waals surface area contributed by atoms with Gasteiger partial charge in [0, 0.05) is 14.6 Å². The van der Waals surface area contributed by atoms with Gasteiger partial charge in [-0.3, -0.25) is 4.72 Å². The lowest BCUT2D eigenvalue weighted by atomic mass is 10.2. The molecule has 0 radical (unpaired) electrons. The van der Waals surface area contributed by atoms with Crippen LogP contribution in [0.4, 0.5) is 15.8 Å². The van der Waals surface area contributed by atoms with Crippen molar-refractivity contribution in [3.63, 3.8) is 0 Å². The van der Waals surface area contributed by atoms with E-state index in [9.17, 15) is 12.8 Å². The van der Waals surface area contributed by atoms with Gasteiger partial charge in [0.25, 0.3) is 10.0 Å². The van der Waals surface area contributed by atoms with E-state index in [0.29, 0.717) is 5.69 Å². The molecule has 0 atom stereocenters. The van der Waals surface area contributed by atoms with Gasteiger partial charge in [-0.25, -0.2) is 12.8 Å². The number of sulfonamides is 1. The molecule has 0 saturated heterocycles. The van der Waals surface area contributed by atoms with E-state index in [1.807, 2.05) is 6.92 Å². The molecule has 0 aromatic heterocycles. The Bertz CT molecular complexity index is 810. The van der Waals surface area contributed by atoms with Gasteiger partial charge in [0.15, 0.2) is 0 Å². The maximum Gasteiger partial charge on any atom is 0.263 e. The van der Waals surface area contributed by atoms with E-state index in [1.54, 1.807) is 18.2 Å². The maximum absolute atomic E-state index is 13.3. The van der Waals surface area contributed by atoms with Crippen molar-refractivity contribution in [2.24, 2.45) is 0 Å². The van der Waals surface area contributed by atoms with Crippen LogP contribution in [-0.2, 0) is 10.0 Å². The van der Waals surface area contributed by atoms with Crippen LogP contribution in [0.5, 0.6) is 0 Å². The summed E-state index contributed by atoms with van der Waals surface area (Å²) in [5, 5.41) is 0. The van der Waals surface area contributed by atoms with E-state index in [1.165, 1.54) is 0 Å². The van der Waals surface area contributed by atoms with E-state index < -0.39 is 15.8 Å². The third-order valence-corrected chi connectivity index (χ3v) is 5.98. The van der Waals surface area contributed by atoms with E-state index in [2.05, 4.69) is 36.6 Å². The Kier molecular flexibility index (Phi) is 4.60. The largest absolute Gasteiger partial charge is 0.396 e. The monoisotopic (exact) mass is 436 g/mol. The van der Waals surface area contributed by atoms with Crippen LogP contribution in [0.3, 0.4) is 0 Å². The number of nitrogens with two attached hydrogens (primary N) is 1. The molecule has 3 N–H and O–H groups in total. The topological polar surface area (TPSA) is 72.2 Å². The lowest BCUT2D eigenvalue weighted by Crippen LogP contribution is -2.14. The molecule has 21 heavy (non-hydrogen) atoms. The Labute approximate surface area is 138 Å². The van der Waals surface area contributed by atoms with Crippen molar-refractivity contribution in [3.8, 4) is 0 Å². The Morgan fingerprint density at radius 1 is 1.14 bits per heavy atom. The highest BCUT2D eigenvalue weighted by atomic mass is 79.9. The van der Waals surface area contributed by atoms with Gasteiger partial charge >= 0.3 is 0 Å². The molecular formula is C13H11Br2FN2O2S. The molecule has 2 aromatic rings. The molecule has 0 heterocycles. The maximum atomic E-state index is 13.3. The first kappa shape index (κ1) is 16.3. The van der Waals surface area contributed by atoms with E-state index in [-0.39, 0.29) is 15.1 Å². The number of benzene rings is 2. The molecule has 0 aliphatic carbocycles. The lowest BCUT2D eigenvalue weighted by Gasteiger charge is -2.11. The SMILES string of the molecule is Cc1cc(NS(=O)(=O)c2cc(N)c(F)cc2Br)ccc1Br. The molecule has 0 aliphatic heterocycles. The van der Waals surface area contributed by atoms with Crippen LogP contribution < -0.4 is 10.5 Å². The van der Waals surface area contributed by atoms with Gasteiger partial charge in [-0.2, -0.15) is 0 Å². The van der Waals surface area contributed by atoms with Crippen molar-refractivity contribution in [2.45, 2.75) is 11.8 Å². The fourth-order valence-electron chi connectivity index (χ4n) is 1.67. The highest BCUT2D eigenvalue weighted by Crippen LogP contribution is 2.29. The Hall–Kier alpha value is -1.12. The van der Waals surface area contributed by atoms with Crippen LogP contribution in [0.25, 0.3) is 0 Å². The average molecular weight is 438 g/mol. The number of aryl methyl sites for hydroxylation is 1. The van der Waals surface area contributed by atoms with E-state index >= 15 is 0 Å². The summed E-state index contributed by atoms with van der Waals surface area (Å²) in [5.74, 6) is -0.680. The molecule has 0 unspecified atom stereocenters. The zero-order valence-electron chi connectivity index (χ0n) is 10.8. The van der Waals surface area contributed by atoms with Gasteiger partial charge in [0.05, 0.1) is 5.69 Å². The van der Waals surface area contributed by atoms with Gasteiger partial charge in [0.2, 0.25) is 0 Å². The highest BCUT2D eigenvalue weighted by Gasteiger charge is 2.20. The number of hydrogen-bond donors (Lipinski definition) is 2. The van der Waals surface area contributed by atoms with Gasteiger partial charge in [-0.05, 0) is 58.7 Å². The molecule has 0 bridgehead atoms. The Morgan fingerprint density at radius 3 is 2.43 bits per heavy atom. The van der Waals surface area contributed by atoms with Crippen molar-refractivity contribution >= 4 is 53.3 Å². The smallest absolute Gasteiger partial charge is 0.263 e. The first-order valence-corrected chi connectivity index (χ1v) is 8.81. The summed E-state index contributed by atoms with van der Waals surface area (Å²) in [4.78, 5) is -0.123. The molecule has 2 aromatic carbocycles. The third-order valence-electron chi connectivity index (χ3n) is 2.75. The summed E-state index contributed by atoms with van der Waals surface area (Å²) in [6.07, 6.45) is 0. The van der Waals surface area contributed by atoms with Gasteiger partial charge < -0.3 is 5.73 Å². The molecule has 4 nitrogen and oxygen atoms in total. The molecule has 0 amide bonds. The van der Waals surface area contributed by atoms with Gasteiger partial charge in [-0.1, -0.05) is 15.9 Å². The van der Waals surface area contributed by atoms with Crippen LogP contribution in [-0.4, -0.2) is 8.42 Å². The molecule has 112 valence electrons. The minimum absolute atomic E-state index is 0.107. The summed E-state index contributed by atoms with van der Waals surface area (Å²) < 4.78 is 41.4. The quantitative estimate of drug-likeness (QED) is 0.711. The van der Waals surface area contributed by atoms with Crippen molar-refractivity contribution in [1.29, 1.82) is 0 Å². The first-order chi connectivity index (χ1) is 9.70. The molecule has 0 aliphatic rings. The second-order valence-electron chi connectivity index (χ2n) is 4.37. The van der Waals surface area contributed by atoms with Gasteiger partial charge in [-0.15, -0.1) is 0 Å². The lowest BCUT2D eigenvalue weighted by molar-refractivity contribution is 0.599. The first-order valence-electron chi connectivity index (χ1n) is 5.74. The highest BCUT2D eigenvalue weighted by molar-refractivity contribution is 9.10. The standard InChI is InChI=1S/C13H11Br2FN2O2S/c1-7-4-8(2-3-9(7)14)18-21(19,20)13-6-12(17)11(16)5-10(13)15/h2-6,18H,17H2,1H3. The normalized spacial score (nSPS) is 11.4. The van der Waals surface area contributed by atoms with Crippen LogP contribution in [0.15, 0.2) is 44.2 Å². The number of halogens is 3. The number of nitrogen functional groups attached to an aromatic ring is 1. The van der Waals surface area contributed by atoms with Crippen LogP contribution in [0.1, 0.15) is 5.56 Å². The van der Waals surface area contributed by atoms with Crippen molar-refractivity contribution < 1.29 is 12.8 Å². The fourth-order valence-corrected chi connectivity index (χ4v) is 4.02. The molecule has 8 heteroatoms. The molecule has 0 spiro atoms. The number of anilines is 2. The summed E-state index contributed by atoms with van der Waals surface area (Å²) >= 11 is 6.37. The van der Waals surface area contributed by atoms with Crippen LogP contribution >= 0.6 is 31.9 Å². The molecule has 0 saturated carbocycles. The predicted molar refractivity (Wildman–Crippen MR) is 88.2 cm³/mol. The Morgan fingerprint density at radius 2 is 1.81 bits per heavy atom.